The molecule has 1 N–H and O–H groups in total. The van der Waals surface area contributed by atoms with Gasteiger partial charge in [-0.1, -0.05) is 110 Å². The molecule has 0 bridgehead atoms. The second-order valence-electron chi connectivity index (χ2n) is 11.4. The highest BCUT2D eigenvalue weighted by atomic mass is 32.1. The van der Waals surface area contributed by atoms with Gasteiger partial charge in [0.25, 0.3) is 0 Å². The van der Waals surface area contributed by atoms with Crippen LogP contribution in [0.15, 0.2) is 132 Å². The Balaban J connectivity index is 1.30. The van der Waals surface area contributed by atoms with E-state index in [1.54, 1.807) is 11.3 Å². The third-order valence-electron chi connectivity index (χ3n) is 8.71. The van der Waals surface area contributed by atoms with Crippen molar-refractivity contribution in [2.24, 2.45) is 10.9 Å². The number of allylic oxidation sites excluding steroid dienone is 2. The number of rotatable bonds is 4. The molecule has 4 heteroatoms. The summed E-state index contributed by atoms with van der Waals surface area (Å²) in [6, 6.07) is 36.7. The van der Waals surface area contributed by atoms with Gasteiger partial charge in [0.2, 0.25) is 0 Å². The van der Waals surface area contributed by atoms with E-state index in [0.29, 0.717) is 5.92 Å². The molecule has 2 atom stereocenters. The summed E-state index contributed by atoms with van der Waals surface area (Å²) in [5.74, 6) is 1.46. The lowest BCUT2D eigenvalue weighted by atomic mass is 9.85. The summed E-state index contributed by atoms with van der Waals surface area (Å²) < 4.78 is 1.21. The molecule has 0 saturated carbocycles. The number of benzene rings is 5. The van der Waals surface area contributed by atoms with Crippen LogP contribution in [0.3, 0.4) is 0 Å². The molecule has 8 rings (SSSR count). The molecule has 0 saturated heterocycles. The number of hydrogen-bond acceptors (Lipinski definition) is 4. The van der Waals surface area contributed by atoms with Gasteiger partial charge in [-0.3, -0.25) is 4.99 Å². The van der Waals surface area contributed by atoms with Crippen LogP contribution < -0.4 is 5.32 Å². The van der Waals surface area contributed by atoms with Crippen molar-refractivity contribution in [3.63, 3.8) is 0 Å². The van der Waals surface area contributed by atoms with E-state index in [1.807, 2.05) is 0 Å². The lowest BCUT2D eigenvalue weighted by Gasteiger charge is -2.29. The van der Waals surface area contributed by atoms with E-state index in [4.69, 9.17) is 9.98 Å². The normalized spacial score (nSPS) is 18.9. The summed E-state index contributed by atoms with van der Waals surface area (Å²) in [5.41, 5.74) is 7.18. The molecular formula is C38H31N3S. The summed E-state index contributed by atoms with van der Waals surface area (Å²) in [5, 5.41) is 9.68. The first-order valence-electron chi connectivity index (χ1n) is 14.9. The Bertz CT molecular complexity index is 2050. The minimum absolute atomic E-state index is 0.0399. The number of aromatic nitrogens is 1. The SMILES string of the molecule is CC1CCCC=C1C1=CC(c2ccccc2)N=C(c2cccc3c2ccc2ccc4sc(-c5ccccc5)nc4c23)N1. The fourth-order valence-electron chi connectivity index (χ4n) is 6.55. The smallest absolute Gasteiger partial charge is 0.134 e. The Morgan fingerprint density at radius 1 is 0.810 bits per heavy atom. The van der Waals surface area contributed by atoms with Crippen LogP contribution >= 0.6 is 11.3 Å². The van der Waals surface area contributed by atoms with Crippen molar-refractivity contribution in [1.82, 2.24) is 10.3 Å². The van der Waals surface area contributed by atoms with Crippen LogP contribution in [0.5, 0.6) is 0 Å². The molecule has 6 aromatic rings. The summed E-state index contributed by atoms with van der Waals surface area (Å²) >= 11 is 1.76. The minimum Gasteiger partial charge on any atom is -0.340 e. The second-order valence-corrected chi connectivity index (χ2v) is 12.4. The van der Waals surface area contributed by atoms with E-state index in [0.717, 1.165) is 33.9 Å². The maximum atomic E-state index is 5.32. The third-order valence-corrected chi connectivity index (χ3v) is 9.78. The molecule has 0 spiro atoms. The predicted octanol–water partition coefficient (Wildman–Crippen LogP) is 9.99. The molecule has 2 aliphatic rings. The zero-order valence-electron chi connectivity index (χ0n) is 23.5. The highest BCUT2D eigenvalue weighted by molar-refractivity contribution is 7.21. The highest BCUT2D eigenvalue weighted by Gasteiger charge is 2.25. The average molecular weight is 562 g/mol. The van der Waals surface area contributed by atoms with Crippen LogP contribution in [-0.4, -0.2) is 10.8 Å². The van der Waals surface area contributed by atoms with Gasteiger partial charge in [-0.2, -0.15) is 0 Å². The summed E-state index contributed by atoms with van der Waals surface area (Å²) in [7, 11) is 0. The van der Waals surface area contributed by atoms with E-state index in [1.165, 1.54) is 55.9 Å². The highest BCUT2D eigenvalue weighted by Crippen LogP contribution is 2.39. The van der Waals surface area contributed by atoms with Gasteiger partial charge in [-0.05, 0) is 64.6 Å². The Labute approximate surface area is 250 Å². The summed E-state index contributed by atoms with van der Waals surface area (Å²) in [6.07, 6.45) is 8.36. The van der Waals surface area contributed by atoms with Crippen molar-refractivity contribution in [3.8, 4) is 10.6 Å². The van der Waals surface area contributed by atoms with Crippen molar-refractivity contribution in [3.05, 3.63) is 138 Å². The monoisotopic (exact) mass is 561 g/mol. The molecule has 1 aliphatic heterocycles. The standard InChI is InChI=1S/C38H31N3S/c1-24-11-8-9-16-28(24)33-23-32(25-12-4-2-5-13-25)39-37(40-33)31-18-10-17-30-29(31)21-19-26-20-22-34-36(35(26)30)41-38(42-34)27-14-6-3-7-15-27/h2-7,10,12-24,32H,8-9,11H2,1H3,(H,39,40). The largest absolute Gasteiger partial charge is 0.340 e. The van der Waals surface area contributed by atoms with Gasteiger partial charge in [0, 0.05) is 22.2 Å². The fourth-order valence-corrected chi connectivity index (χ4v) is 7.53. The molecule has 204 valence electrons. The van der Waals surface area contributed by atoms with E-state index in [-0.39, 0.29) is 6.04 Å². The first-order chi connectivity index (χ1) is 20.7. The number of nitrogens with one attached hydrogen (secondary N) is 1. The molecule has 2 unspecified atom stereocenters. The van der Waals surface area contributed by atoms with Crippen LogP contribution in [0.1, 0.15) is 43.4 Å². The van der Waals surface area contributed by atoms with Crippen molar-refractivity contribution in [2.75, 3.05) is 0 Å². The van der Waals surface area contributed by atoms with Crippen LogP contribution in [0, 0.1) is 5.92 Å². The number of fused-ring (bicyclic) bond motifs is 5. The Morgan fingerprint density at radius 3 is 2.45 bits per heavy atom. The summed E-state index contributed by atoms with van der Waals surface area (Å²) in [6.45, 7) is 2.35. The van der Waals surface area contributed by atoms with Gasteiger partial charge in [-0.15, -0.1) is 11.3 Å². The van der Waals surface area contributed by atoms with E-state index >= 15 is 0 Å². The fraction of sp³-hybridized carbons (Fsp3) is 0.158. The van der Waals surface area contributed by atoms with Crippen molar-refractivity contribution in [1.29, 1.82) is 0 Å². The maximum Gasteiger partial charge on any atom is 0.134 e. The Morgan fingerprint density at radius 2 is 1.62 bits per heavy atom. The molecule has 1 aliphatic carbocycles. The molecule has 3 nitrogen and oxygen atoms in total. The molecule has 0 fully saturated rings. The van der Waals surface area contributed by atoms with Crippen molar-refractivity contribution < 1.29 is 0 Å². The Kier molecular flexibility index (Phi) is 6.23. The molecule has 2 heterocycles. The van der Waals surface area contributed by atoms with Crippen molar-refractivity contribution in [2.45, 2.75) is 32.2 Å². The number of thiazole rings is 1. The second kappa shape index (κ2) is 10.4. The maximum absolute atomic E-state index is 5.32. The zero-order chi connectivity index (χ0) is 28.0. The number of amidine groups is 1. The van der Waals surface area contributed by atoms with Gasteiger partial charge in [0.15, 0.2) is 0 Å². The molecular weight excluding hydrogens is 531 g/mol. The molecule has 42 heavy (non-hydrogen) atoms. The average Bonchev–Trinajstić information content (AvgIpc) is 3.50. The Hall–Kier alpha value is -4.54. The van der Waals surface area contributed by atoms with Gasteiger partial charge in [0.05, 0.1) is 16.3 Å². The minimum atomic E-state index is -0.0399. The lowest BCUT2D eigenvalue weighted by Crippen LogP contribution is -2.31. The predicted molar refractivity (Wildman–Crippen MR) is 178 cm³/mol. The first kappa shape index (κ1) is 25.2. The van der Waals surface area contributed by atoms with Gasteiger partial charge < -0.3 is 5.32 Å². The molecule has 0 radical (unpaired) electrons. The quantitative estimate of drug-likeness (QED) is 0.217. The third kappa shape index (κ3) is 4.34. The van der Waals surface area contributed by atoms with Crippen LogP contribution in [-0.2, 0) is 0 Å². The van der Waals surface area contributed by atoms with Crippen LogP contribution in [0.2, 0.25) is 0 Å². The van der Waals surface area contributed by atoms with E-state index < -0.39 is 0 Å². The number of aliphatic imine (C=N–C) groups is 1. The first-order valence-corrected chi connectivity index (χ1v) is 15.7. The zero-order valence-corrected chi connectivity index (χ0v) is 24.4. The van der Waals surface area contributed by atoms with Crippen LogP contribution in [0.4, 0.5) is 0 Å². The topological polar surface area (TPSA) is 37.3 Å². The summed E-state index contributed by atoms with van der Waals surface area (Å²) in [4.78, 5) is 10.5. The van der Waals surface area contributed by atoms with Gasteiger partial charge in [-0.25, -0.2) is 4.98 Å². The van der Waals surface area contributed by atoms with Gasteiger partial charge >= 0.3 is 0 Å². The van der Waals surface area contributed by atoms with E-state index in [9.17, 15) is 0 Å². The lowest BCUT2D eigenvalue weighted by molar-refractivity contribution is 0.551. The number of nitrogens with zero attached hydrogens (tertiary/aromatic N) is 2. The van der Waals surface area contributed by atoms with Crippen molar-refractivity contribution >= 4 is 48.9 Å². The van der Waals surface area contributed by atoms with Gasteiger partial charge in [0.1, 0.15) is 10.8 Å². The molecule has 1 aromatic heterocycles. The van der Waals surface area contributed by atoms with Crippen LogP contribution in [0.25, 0.3) is 42.3 Å². The molecule has 0 amide bonds. The molecule has 5 aromatic carbocycles. The van der Waals surface area contributed by atoms with E-state index in [2.05, 4.69) is 128 Å². The number of hydrogen-bond donors (Lipinski definition) is 1.